The third kappa shape index (κ3) is 8.21. The maximum atomic E-state index is 5.49. The minimum atomic E-state index is 0. The van der Waals surface area contributed by atoms with Crippen LogP contribution >= 0.6 is 35.3 Å². The zero-order valence-electron chi connectivity index (χ0n) is 15.2. The van der Waals surface area contributed by atoms with Crippen LogP contribution in [0.1, 0.15) is 24.8 Å². The van der Waals surface area contributed by atoms with E-state index in [0.29, 0.717) is 12.6 Å². The fourth-order valence-corrected chi connectivity index (χ4v) is 3.51. The number of guanidine groups is 1. The second kappa shape index (κ2) is 13.7. The van der Waals surface area contributed by atoms with Crippen molar-refractivity contribution >= 4 is 41.3 Å². The minimum absolute atomic E-state index is 0. The molecule has 2 heterocycles. The molecule has 2 N–H and O–H groups in total. The zero-order valence-corrected chi connectivity index (χ0v) is 18.3. The number of hydrogen-bond donors (Lipinski definition) is 2. The quantitative estimate of drug-likeness (QED) is 0.245. The lowest BCUT2D eigenvalue weighted by atomic mass is 10.2. The summed E-state index contributed by atoms with van der Waals surface area (Å²) in [6.45, 7) is 11.4. The molecule has 1 aromatic heterocycles. The Labute approximate surface area is 172 Å². The third-order valence-corrected chi connectivity index (χ3v) is 4.84. The molecule has 1 aliphatic rings. The second-order valence-electron chi connectivity index (χ2n) is 5.52. The average Bonchev–Trinajstić information content (AvgIpc) is 3.14. The molecule has 0 saturated carbocycles. The Bertz CT molecular complexity index is 467. The van der Waals surface area contributed by atoms with Gasteiger partial charge in [0.15, 0.2) is 5.96 Å². The van der Waals surface area contributed by atoms with Crippen molar-refractivity contribution in [3.05, 3.63) is 22.4 Å². The van der Waals surface area contributed by atoms with Crippen LogP contribution in [-0.4, -0.2) is 70.0 Å². The first kappa shape index (κ1) is 22.6. The van der Waals surface area contributed by atoms with Crippen molar-refractivity contribution in [1.29, 1.82) is 0 Å². The van der Waals surface area contributed by atoms with Crippen LogP contribution in [0.25, 0.3) is 0 Å². The second-order valence-corrected chi connectivity index (χ2v) is 6.50. The summed E-state index contributed by atoms with van der Waals surface area (Å²) >= 11 is 1.80. The Kier molecular flexibility index (Phi) is 12.4. The fraction of sp³-hybridized carbons (Fsp3) is 0.706. The Hall–Kier alpha value is -0.420. The molecular weight excluding hydrogens is 451 g/mol. The van der Waals surface area contributed by atoms with Gasteiger partial charge in [-0.25, -0.2) is 0 Å². The van der Waals surface area contributed by atoms with Gasteiger partial charge in [-0.05, 0) is 25.3 Å². The fourth-order valence-electron chi connectivity index (χ4n) is 2.66. The molecule has 1 aliphatic heterocycles. The van der Waals surface area contributed by atoms with Crippen molar-refractivity contribution in [3.63, 3.8) is 0 Å². The van der Waals surface area contributed by atoms with Gasteiger partial charge in [0.2, 0.25) is 0 Å². The first-order valence-electron chi connectivity index (χ1n) is 8.80. The molecule has 0 aliphatic carbocycles. The maximum Gasteiger partial charge on any atom is 0.191 e. The smallest absolute Gasteiger partial charge is 0.191 e. The molecular formula is C17H31IN4O2S. The molecule has 1 atom stereocenters. The van der Waals surface area contributed by atoms with Gasteiger partial charge in [0, 0.05) is 37.7 Å². The summed E-state index contributed by atoms with van der Waals surface area (Å²) < 4.78 is 10.9. The number of thiophene rings is 1. The number of ether oxygens (including phenoxy) is 2. The van der Waals surface area contributed by atoms with Gasteiger partial charge in [0.25, 0.3) is 0 Å². The molecule has 25 heavy (non-hydrogen) atoms. The number of hydrogen-bond acceptors (Lipinski definition) is 5. The van der Waals surface area contributed by atoms with Crippen molar-refractivity contribution in [1.82, 2.24) is 15.5 Å². The van der Waals surface area contributed by atoms with Crippen molar-refractivity contribution < 1.29 is 9.47 Å². The summed E-state index contributed by atoms with van der Waals surface area (Å²) in [5, 5.41) is 8.78. The van der Waals surface area contributed by atoms with Gasteiger partial charge in [-0.2, -0.15) is 0 Å². The topological polar surface area (TPSA) is 58.1 Å². The monoisotopic (exact) mass is 482 g/mol. The van der Waals surface area contributed by atoms with Crippen LogP contribution < -0.4 is 10.6 Å². The molecule has 1 aromatic rings. The molecule has 0 bridgehead atoms. The summed E-state index contributed by atoms with van der Waals surface area (Å²) in [5.41, 5.74) is 0. The van der Waals surface area contributed by atoms with Gasteiger partial charge < -0.3 is 20.1 Å². The highest BCUT2D eigenvalue weighted by atomic mass is 127. The van der Waals surface area contributed by atoms with Crippen LogP contribution in [0.2, 0.25) is 0 Å². The SMILES string of the molecule is CCNC(=NCC(c1cccs1)N1CCOCC1)NCCOCC.I. The van der Waals surface area contributed by atoms with E-state index >= 15 is 0 Å². The molecule has 2 rings (SSSR count). The zero-order chi connectivity index (χ0) is 17.0. The van der Waals surface area contributed by atoms with Gasteiger partial charge in [-0.3, -0.25) is 9.89 Å². The molecule has 8 heteroatoms. The van der Waals surface area contributed by atoms with E-state index in [2.05, 4.69) is 40.0 Å². The number of halogens is 1. The highest BCUT2D eigenvalue weighted by Gasteiger charge is 2.23. The van der Waals surface area contributed by atoms with Crippen LogP contribution in [-0.2, 0) is 9.47 Å². The van der Waals surface area contributed by atoms with Crippen molar-refractivity contribution in [2.24, 2.45) is 4.99 Å². The van der Waals surface area contributed by atoms with Gasteiger partial charge in [-0.1, -0.05) is 6.07 Å². The van der Waals surface area contributed by atoms with Crippen LogP contribution in [0.4, 0.5) is 0 Å². The number of morpholine rings is 1. The van der Waals surface area contributed by atoms with Gasteiger partial charge in [0.1, 0.15) is 0 Å². The molecule has 0 spiro atoms. The number of nitrogens with zero attached hydrogens (tertiary/aromatic N) is 2. The van der Waals surface area contributed by atoms with E-state index in [0.717, 1.165) is 58.5 Å². The molecule has 144 valence electrons. The number of aliphatic imine (C=N–C) groups is 1. The summed E-state index contributed by atoms with van der Waals surface area (Å²) in [5.74, 6) is 0.854. The van der Waals surface area contributed by atoms with Crippen molar-refractivity contribution in [2.75, 3.05) is 59.2 Å². The molecule has 6 nitrogen and oxygen atoms in total. The maximum absolute atomic E-state index is 5.49. The Morgan fingerprint density at radius 3 is 2.80 bits per heavy atom. The molecule has 1 unspecified atom stereocenters. The molecule has 1 saturated heterocycles. The van der Waals surface area contributed by atoms with Crippen molar-refractivity contribution in [3.8, 4) is 0 Å². The molecule has 1 fully saturated rings. The van der Waals surface area contributed by atoms with E-state index in [1.165, 1.54) is 4.88 Å². The largest absolute Gasteiger partial charge is 0.380 e. The molecule has 0 radical (unpaired) electrons. The lowest BCUT2D eigenvalue weighted by Crippen LogP contribution is -2.42. The summed E-state index contributed by atoms with van der Waals surface area (Å²) in [7, 11) is 0. The highest BCUT2D eigenvalue weighted by molar-refractivity contribution is 14.0. The predicted molar refractivity (Wildman–Crippen MR) is 115 cm³/mol. The molecule has 0 amide bonds. The van der Waals surface area contributed by atoms with E-state index in [-0.39, 0.29) is 24.0 Å². The lowest BCUT2D eigenvalue weighted by Gasteiger charge is -2.33. The van der Waals surface area contributed by atoms with Crippen molar-refractivity contribution in [2.45, 2.75) is 19.9 Å². The number of rotatable bonds is 9. The first-order chi connectivity index (χ1) is 11.8. The van der Waals surface area contributed by atoms with Crippen LogP contribution in [0, 0.1) is 0 Å². The van der Waals surface area contributed by atoms with Gasteiger partial charge >= 0.3 is 0 Å². The highest BCUT2D eigenvalue weighted by Crippen LogP contribution is 2.26. The van der Waals surface area contributed by atoms with E-state index < -0.39 is 0 Å². The summed E-state index contributed by atoms with van der Waals surface area (Å²) in [6.07, 6.45) is 0. The van der Waals surface area contributed by atoms with E-state index in [4.69, 9.17) is 14.5 Å². The predicted octanol–water partition coefficient (Wildman–Crippen LogP) is 2.33. The lowest BCUT2D eigenvalue weighted by molar-refractivity contribution is 0.0186. The first-order valence-corrected chi connectivity index (χ1v) is 9.68. The third-order valence-electron chi connectivity index (χ3n) is 3.87. The number of nitrogens with one attached hydrogen (secondary N) is 2. The van der Waals surface area contributed by atoms with Gasteiger partial charge in [-0.15, -0.1) is 35.3 Å². The van der Waals surface area contributed by atoms with Crippen LogP contribution in [0.3, 0.4) is 0 Å². The Morgan fingerprint density at radius 1 is 1.36 bits per heavy atom. The minimum Gasteiger partial charge on any atom is -0.380 e. The summed E-state index contributed by atoms with van der Waals surface area (Å²) in [6, 6.07) is 4.63. The summed E-state index contributed by atoms with van der Waals surface area (Å²) in [4.78, 5) is 8.65. The Morgan fingerprint density at radius 2 is 2.16 bits per heavy atom. The van der Waals surface area contributed by atoms with Gasteiger partial charge in [0.05, 0.1) is 32.4 Å². The normalized spacial score (nSPS) is 17.0. The van der Waals surface area contributed by atoms with E-state index in [1.54, 1.807) is 11.3 Å². The average molecular weight is 482 g/mol. The van der Waals surface area contributed by atoms with Crippen LogP contribution in [0.15, 0.2) is 22.5 Å². The van der Waals surface area contributed by atoms with Crippen LogP contribution in [0.5, 0.6) is 0 Å². The Balaban J connectivity index is 0.00000312. The standard InChI is InChI=1S/C17H30N4O2S.HI/c1-3-18-17(19-7-10-22-4-2)20-14-15(16-6-5-13-24-16)21-8-11-23-12-9-21;/h5-6,13,15H,3-4,7-12,14H2,1-2H3,(H2,18,19,20);1H. The van der Waals surface area contributed by atoms with E-state index in [1.807, 2.05) is 6.92 Å². The molecule has 0 aromatic carbocycles. The van der Waals surface area contributed by atoms with E-state index in [9.17, 15) is 0 Å².